The number of halogens is 2. The second-order valence-electron chi connectivity index (χ2n) is 11.5. The third-order valence-electron chi connectivity index (χ3n) is 8.54. The summed E-state index contributed by atoms with van der Waals surface area (Å²) in [4.78, 5) is 19.3. The fourth-order valence-electron chi connectivity index (χ4n) is 6.19. The van der Waals surface area contributed by atoms with E-state index in [0.29, 0.717) is 41.8 Å². The predicted molar refractivity (Wildman–Crippen MR) is 161 cm³/mol. The zero-order chi connectivity index (χ0) is 30.1. The molecule has 3 aliphatic heterocycles. The Labute approximate surface area is 256 Å². The highest BCUT2D eigenvalue weighted by Gasteiger charge is 2.43. The van der Waals surface area contributed by atoms with E-state index in [4.69, 9.17) is 35.5 Å². The molecule has 10 heteroatoms. The summed E-state index contributed by atoms with van der Waals surface area (Å²) in [7, 11) is 0. The number of imidazole rings is 1. The lowest BCUT2D eigenvalue weighted by Crippen LogP contribution is -2.35. The van der Waals surface area contributed by atoms with E-state index in [1.807, 2.05) is 19.1 Å². The number of likely N-dealkylation sites (tertiary alicyclic amines) is 1. The first-order valence-corrected chi connectivity index (χ1v) is 15.3. The highest BCUT2D eigenvalue weighted by Crippen LogP contribution is 2.49. The summed E-state index contributed by atoms with van der Waals surface area (Å²) < 4.78 is 40.4. The van der Waals surface area contributed by atoms with Gasteiger partial charge in [-0.2, -0.15) is 0 Å². The summed E-state index contributed by atoms with van der Waals surface area (Å²) in [6.45, 7) is 9.80. The first-order chi connectivity index (χ1) is 20.7. The maximum atomic E-state index is 14.8. The van der Waals surface area contributed by atoms with Gasteiger partial charge in [0.1, 0.15) is 11.6 Å². The summed E-state index contributed by atoms with van der Waals surface area (Å²) in [5, 5.41) is 0.325. The Hall–Kier alpha value is -3.40. The van der Waals surface area contributed by atoms with Gasteiger partial charge in [-0.1, -0.05) is 23.7 Å². The number of nitrogens with zero attached hydrogens (tertiary/aromatic N) is 3. The van der Waals surface area contributed by atoms with Crippen LogP contribution in [0.15, 0.2) is 42.5 Å². The standard InChI is InChI=1S/C33H37ClFN3O5/c1-4-40-31(39)11-10-28-21(2)36-30(38(28)19-24-14-17-41-24)20-37-15-12-22(13-16-37)25-6-5-7-29-32(25)43-33(3,42-29)26-9-8-23(34)18-27(26)35/h5-11,18,22,24H,4,12-17,19-20H2,1-3H3/b11-10+/t24-,33-/m0/s1. The minimum Gasteiger partial charge on any atom is -0.463 e. The molecule has 3 aliphatic rings. The highest BCUT2D eigenvalue weighted by molar-refractivity contribution is 6.30. The number of aryl methyl sites for hydroxylation is 1. The molecule has 0 N–H and O–H groups in total. The van der Waals surface area contributed by atoms with Crippen LogP contribution in [0.4, 0.5) is 4.39 Å². The van der Waals surface area contributed by atoms with Crippen molar-refractivity contribution in [1.82, 2.24) is 14.5 Å². The smallest absolute Gasteiger partial charge is 0.330 e. The number of fused-ring (bicyclic) bond motifs is 1. The lowest BCUT2D eigenvalue weighted by atomic mass is 9.88. The van der Waals surface area contributed by atoms with Gasteiger partial charge in [0.25, 0.3) is 5.79 Å². The SMILES string of the molecule is CCOC(=O)/C=C/c1c(C)nc(CN2CCC(c3cccc4c3O[C@@](C)(c3ccc(Cl)cc3F)O4)CC2)n1C[C@@H]1CCO1. The van der Waals surface area contributed by atoms with Crippen LogP contribution in [0.3, 0.4) is 0 Å². The number of carbonyl (C=O) groups is 1. The van der Waals surface area contributed by atoms with E-state index in [1.165, 1.54) is 12.1 Å². The minimum absolute atomic E-state index is 0.155. The maximum Gasteiger partial charge on any atom is 0.330 e. The van der Waals surface area contributed by atoms with Crippen LogP contribution in [0.25, 0.3) is 6.08 Å². The Morgan fingerprint density at radius 3 is 2.70 bits per heavy atom. The van der Waals surface area contributed by atoms with Crippen molar-refractivity contribution < 1.29 is 28.1 Å². The Balaban J connectivity index is 1.15. The molecule has 1 aromatic heterocycles. The Morgan fingerprint density at radius 2 is 2.00 bits per heavy atom. The van der Waals surface area contributed by atoms with E-state index in [-0.39, 0.29) is 18.0 Å². The molecule has 2 fully saturated rings. The predicted octanol–water partition coefficient (Wildman–Crippen LogP) is 6.37. The van der Waals surface area contributed by atoms with Crippen molar-refractivity contribution in [1.29, 1.82) is 0 Å². The van der Waals surface area contributed by atoms with Gasteiger partial charge in [-0.25, -0.2) is 14.2 Å². The summed E-state index contributed by atoms with van der Waals surface area (Å²) in [5.41, 5.74) is 3.18. The number of hydrogen-bond donors (Lipinski definition) is 0. The highest BCUT2D eigenvalue weighted by atomic mass is 35.5. The minimum atomic E-state index is -1.27. The molecule has 0 amide bonds. The molecule has 228 valence electrons. The average molecular weight is 610 g/mol. The lowest BCUT2D eigenvalue weighted by Gasteiger charge is -2.33. The average Bonchev–Trinajstić information content (AvgIpc) is 3.45. The fraction of sp³-hybridized carbons (Fsp3) is 0.455. The number of hydrogen-bond acceptors (Lipinski definition) is 7. The lowest BCUT2D eigenvalue weighted by molar-refractivity contribution is -0.137. The van der Waals surface area contributed by atoms with Gasteiger partial charge in [0.05, 0.1) is 42.8 Å². The molecule has 2 saturated heterocycles. The Morgan fingerprint density at radius 1 is 1.21 bits per heavy atom. The second kappa shape index (κ2) is 12.3. The van der Waals surface area contributed by atoms with Crippen LogP contribution in [-0.2, 0) is 33.1 Å². The maximum absolute atomic E-state index is 14.8. The van der Waals surface area contributed by atoms with Gasteiger partial charge in [-0.3, -0.25) is 4.90 Å². The zero-order valence-corrected chi connectivity index (χ0v) is 25.5. The van der Waals surface area contributed by atoms with Crippen molar-refractivity contribution in [2.45, 2.75) is 70.9 Å². The Bertz CT molecular complexity index is 1530. The molecule has 0 unspecified atom stereocenters. The first kappa shape index (κ1) is 29.7. The number of esters is 1. The summed E-state index contributed by atoms with van der Waals surface area (Å²) >= 11 is 5.98. The van der Waals surface area contributed by atoms with Crippen molar-refractivity contribution in [3.05, 3.63) is 81.7 Å². The third kappa shape index (κ3) is 6.16. The van der Waals surface area contributed by atoms with Gasteiger partial charge in [-0.05, 0) is 82.5 Å². The molecular weight excluding hydrogens is 573 g/mol. The van der Waals surface area contributed by atoms with Gasteiger partial charge in [0.2, 0.25) is 0 Å². The summed E-state index contributed by atoms with van der Waals surface area (Å²) in [5.74, 6) is 0.451. The molecule has 6 rings (SSSR count). The van der Waals surface area contributed by atoms with Crippen molar-refractivity contribution in [2.24, 2.45) is 0 Å². The van der Waals surface area contributed by atoms with Gasteiger partial charge in [-0.15, -0.1) is 0 Å². The number of rotatable bonds is 9. The van der Waals surface area contributed by atoms with Crippen LogP contribution in [0.5, 0.6) is 11.5 Å². The Kier molecular flexibility index (Phi) is 8.49. The summed E-state index contributed by atoms with van der Waals surface area (Å²) in [6.07, 6.45) is 6.32. The second-order valence-corrected chi connectivity index (χ2v) is 11.9. The summed E-state index contributed by atoms with van der Waals surface area (Å²) in [6, 6.07) is 10.5. The van der Waals surface area contributed by atoms with Crippen LogP contribution >= 0.6 is 11.6 Å². The molecule has 0 radical (unpaired) electrons. The van der Waals surface area contributed by atoms with Gasteiger partial charge in [0, 0.05) is 30.2 Å². The molecule has 0 saturated carbocycles. The van der Waals surface area contributed by atoms with Gasteiger partial charge >= 0.3 is 5.97 Å². The van der Waals surface area contributed by atoms with Crippen LogP contribution in [0.2, 0.25) is 5.02 Å². The molecule has 0 aliphatic carbocycles. The quantitative estimate of drug-likeness (QED) is 0.206. The van der Waals surface area contributed by atoms with E-state index in [9.17, 15) is 9.18 Å². The first-order valence-electron chi connectivity index (χ1n) is 15.0. The van der Waals surface area contributed by atoms with E-state index in [0.717, 1.165) is 61.7 Å². The topological polar surface area (TPSA) is 75.0 Å². The van der Waals surface area contributed by atoms with Crippen LogP contribution in [0, 0.1) is 12.7 Å². The number of ether oxygens (including phenoxy) is 4. The molecule has 2 aromatic carbocycles. The molecule has 0 spiro atoms. The van der Waals surface area contributed by atoms with Crippen molar-refractivity contribution >= 4 is 23.6 Å². The molecule has 3 aromatic rings. The molecule has 43 heavy (non-hydrogen) atoms. The number of piperidine rings is 1. The molecule has 8 nitrogen and oxygen atoms in total. The van der Waals surface area contributed by atoms with Crippen LogP contribution in [0.1, 0.15) is 67.4 Å². The van der Waals surface area contributed by atoms with Crippen LogP contribution < -0.4 is 9.47 Å². The number of benzene rings is 2. The van der Waals surface area contributed by atoms with E-state index < -0.39 is 11.6 Å². The normalized spacial score (nSPS) is 22.2. The van der Waals surface area contributed by atoms with E-state index in [1.54, 1.807) is 32.1 Å². The van der Waals surface area contributed by atoms with E-state index in [2.05, 4.69) is 15.5 Å². The fourth-order valence-corrected chi connectivity index (χ4v) is 6.35. The largest absolute Gasteiger partial charge is 0.463 e. The molecular formula is C33H37ClFN3O5. The van der Waals surface area contributed by atoms with E-state index >= 15 is 0 Å². The van der Waals surface area contributed by atoms with Crippen molar-refractivity contribution in [3.8, 4) is 11.5 Å². The number of carbonyl (C=O) groups excluding carboxylic acids is 1. The molecule has 2 atom stereocenters. The van der Waals surface area contributed by atoms with Crippen molar-refractivity contribution in [2.75, 3.05) is 26.3 Å². The van der Waals surface area contributed by atoms with Gasteiger partial charge in [0.15, 0.2) is 11.5 Å². The van der Waals surface area contributed by atoms with Crippen molar-refractivity contribution in [3.63, 3.8) is 0 Å². The van der Waals surface area contributed by atoms with Gasteiger partial charge < -0.3 is 23.5 Å². The monoisotopic (exact) mass is 609 g/mol. The van der Waals surface area contributed by atoms with Crippen LogP contribution in [-0.4, -0.2) is 52.8 Å². The number of para-hydroxylation sites is 1. The third-order valence-corrected chi connectivity index (χ3v) is 8.77. The zero-order valence-electron chi connectivity index (χ0n) is 24.8. The molecule has 4 heterocycles. The number of aromatic nitrogens is 2. The molecule has 0 bridgehead atoms.